The van der Waals surface area contributed by atoms with Crippen molar-refractivity contribution >= 4 is 5.71 Å². The van der Waals surface area contributed by atoms with Crippen LogP contribution in [0.3, 0.4) is 0 Å². The van der Waals surface area contributed by atoms with Crippen molar-refractivity contribution in [2.45, 2.75) is 33.1 Å². The van der Waals surface area contributed by atoms with Gasteiger partial charge in [0.15, 0.2) is 0 Å². The van der Waals surface area contributed by atoms with Gasteiger partial charge in [-0.15, -0.1) is 0 Å². The summed E-state index contributed by atoms with van der Waals surface area (Å²) in [5.41, 5.74) is 6.02. The molecule has 28 heavy (non-hydrogen) atoms. The number of aryl methyl sites for hydroxylation is 2. The summed E-state index contributed by atoms with van der Waals surface area (Å²) in [6.45, 7) is 6.67. The molecule has 1 aromatic heterocycles. The standard InChI is InChI=1S/C24H26N2O2/c1-4-28-21-11-9-19(10-12-21)23(22-8-6-5-7-17(22)2)16-24(26-27)20-13-14-25-18(3)15-20/h5-15,23,27H,4,16H2,1-3H3/b26-24-/t23-/m1/s1. The fraction of sp³-hybridized carbons (Fsp3) is 0.250. The van der Waals surface area contributed by atoms with Crippen molar-refractivity contribution in [2.75, 3.05) is 6.61 Å². The van der Waals surface area contributed by atoms with E-state index in [0.717, 1.165) is 22.6 Å². The highest BCUT2D eigenvalue weighted by Crippen LogP contribution is 2.33. The maximum Gasteiger partial charge on any atom is 0.119 e. The number of hydrogen-bond donors (Lipinski definition) is 1. The second kappa shape index (κ2) is 9.18. The minimum absolute atomic E-state index is 0.0660. The molecule has 0 radical (unpaired) electrons. The van der Waals surface area contributed by atoms with Crippen LogP contribution in [0.2, 0.25) is 0 Å². The lowest BCUT2D eigenvalue weighted by Crippen LogP contribution is -2.12. The van der Waals surface area contributed by atoms with Gasteiger partial charge in [0.1, 0.15) is 5.75 Å². The average molecular weight is 374 g/mol. The van der Waals surface area contributed by atoms with E-state index >= 15 is 0 Å². The first kappa shape index (κ1) is 19.6. The van der Waals surface area contributed by atoms with Gasteiger partial charge in [0.05, 0.1) is 12.3 Å². The first-order valence-corrected chi connectivity index (χ1v) is 9.54. The van der Waals surface area contributed by atoms with Crippen LogP contribution in [-0.2, 0) is 0 Å². The van der Waals surface area contributed by atoms with Crippen molar-refractivity contribution < 1.29 is 9.94 Å². The molecule has 0 aliphatic heterocycles. The number of aromatic nitrogens is 1. The lowest BCUT2D eigenvalue weighted by molar-refractivity contribution is 0.317. The first-order valence-electron chi connectivity index (χ1n) is 9.54. The molecule has 0 saturated carbocycles. The minimum Gasteiger partial charge on any atom is -0.494 e. The van der Waals surface area contributed by atoms with Crippen molar-refractivity contribution in [1.29, 1.82) is 0 Å². The second-order valence-corrected chi connectivity index (χ2v) is 6.85. The summed E-state index contributed by atoms with van der Waals surface area (Å²) in [7, 11) is 0. The molecule has 0 saturated heterocycles. The summed E-state index contributed by atoms with van der Waals surface area (Å²) in [5, 5.41) is 13.4. The van der Waals surface area contributed by atoms with Gasteiger partial charge < -0.3 is 9.94 Å². The van der Waals surface area contributed by atoms with Crippen LogP contribution in [-0.4, -0.2) is 22.5 Å². The van der Waals surface area contributed by atoms with Crippen LogP contribution in [0.4, 0.5) is 0 Å². The Bertz CT molecular complexity index is 949. The molecule has 1 heterocycles. The fourth-order valence-electron chi connectivity index (χ4n) is 3.48. The molecular formula is C24H26N2O2. The highest BCUT2D eigenvalue weighted by Gasteiger charge is 2.20. The number of ether oxygens (including phenoxy) is 1. The van der Waals surface area contributed by atoms with Crippen LogP contribution in [0.15, 0.2) is 72.0 Å². The average Bonchev–Trinajstić information content (AvgIpc) is 2.71. The van der Waals surface area contributed by atoms with Crippen LogP contribution >= 0.6 is 0 Å². The van der Waals surface area contributed by atoms with Crippen molar-refractivity contribution in [1.82, 2.24) is 4.98 Å². The lowest BCUT2D eigenvalue weighted by atomic mass is 9.83. The van der Waals surface area contributed by atoms with Crippen LogP contribution < -0.4 is 4.74 Å². The van der Waals surface area contributed by atoms with Gasteiger partial charge in [-0.05, 0) is 61.7 Å². The third-order valence-corrected chi connectivity index (χ3v) is 4.91. The second-order valence-electron chi connectivity index (χ2n) is 6.85. The van der Waals surface area contributed by atoms with Gasteiger partial charge >= 0.3 is 0 Å². The maximum absolute atomic E-state index is 9.74. The maximum atomic E-state index is 9.74. The number of oxime groups is 1. The lowest BCUT2D eigenvalue weighted by Gasteiger charge is -2.21. The first-order chi connectivity index (χ1) is 13.6. The zero-order chi connectivity index (χ0) is 19.9. The van der Waals surface area contributed by atoms with Gasteiger partial charge in [0.25, 0.3) is 0 Å². The molecule has 144 valence electrons. The van der Waals surface area contributed by atoms with Gasteiger partial charge in [0, 0.05) is 29.8 Å². The van der Waals surface area contributed by atoms with Crippen molar-refractivity contribution in [3.8, 4) is 5.75 Å². The Morgan fingerprint density at radius 2 is 1.82 bits per heavy atom. The summed E-state index contributed by atoms with van der Waals surface area (Å²) in [6.07, 6.45) is 2.33. The van der Waals surface area contributed by atoms with Gasteiger partial charge in [0.2, 0.25) is 0 Å². The molecular weight excluding hydrogens is 348 g/mol. The Labute approximate surface area is 166 Å². The van der Waals surface area contributed by atoms with E-state index in [4.69, 9.17) is 4.74 Å². The van der Waals surface area contributed by atoms with E-state index in [2.05, 4.69) is 47.4 Å². The van der Waals surface area contributed by atoms with E-state index in [0.29, 0.717) is 18.7 Å². The van der Waals surface area contributed by atoms with Crippen LogP contribution in [0.1, 0.15) is 47.2 Å². The third-order valence-electron chi connectivity index (χ3n) is 4.91. The van der Waals surface area contributed by atoms with E-state index in [9.17, 15) is 5.21 Å². The zero-order valence-electron chi connectivity index (χ0n) is 16.6. The smallest absolute Gasteiger partial charge is 0.119 e. The van der Waals surface area contributed by atoms with E-state index in [1.165, 1.54) is 11.1 Å². The number of rotatable bonds is 7. The summed E-state index contributed by atoms with van der Waals surface area (Å²) in [4.78, 5) is 4.24. The zero-order valence-corrected chi connectivity index (χ0v) is 16.6. The quantitative estimate of drug-likeness (QED) is 0.338. The molecule has 0 aliphatic rings. The summed E-state index contributed by atoms with van der Waals surface area (Å²) in [5.74, 6) is 0.923. The molecule has 0 fully saturated rings. The van der Waals surface area contributed by atoms with Gasteiger partial charge in [-0.3, -0.25) is 4.98 Å². The van der Waals surface area contributed by atoms with Gasteiger partial charge in [-0.1, -0.05) is 41.6 Å². The number of nitrogens with zero attached hydrogens (tertiary/aromatic N) is 2. The predicted octanol–water partition coefficient (Wildman–Crippen LogP) is 5.50. The Kier molecular flexibility index (Phi) is 6.43. The molecule has 0 aliphatic carbocycles. The Morgan fingerprint density at radius 1 is 1.07 bits per heavy atom. The van der Waals surface area contributed by atoms with E-state index in [1.54, 1.807) is 6.20 Å². The van der Waals surface area contributed by atoms with Crippen molar-refractivity contribution in [2.24, 2.45) is 5.16 Å². The van der Waals surface area contributed by atoms with Crippen LogP contribution in [0, 0.1) is 13.8 Å². The minimum atomic E-state index is 0.0660. The molecule has 4 nitrogen and oxygen atoms in total. The molecule has 4 heteroatoms. The highest BCUT2D eigenvalue weighted by atomic mass is 16.5. The Morgan fingerprint density at radius 3 is 2.46 bits per heavy atom. The van der Waals surface area contributed by atoms with Crippen LogP contribution in [0.5, 0.6) is 5.75 Å². The van der Waals surface area contributed by atoms with Crippen molar-refractivity contribution in [3.05, 3.63) is 94.8 Å². The predicted molar refractivity (Wildman–Crippen MR) is 113 cm³/mol. The molecule has 0 unspecified atom stereocenters. The van der Waals surface area contributed by atoms with Gasteiger partial charge in [-0.25, -0.2) is 0 Å². The Hall–Kier alpha value is -3.14. The third kappa shape index (κ3) is 4.58. The monoisotopic (exact) mass is 374 g/mol. The normalized spacial score (nSPS) is 12.6. The summed E-state index contributed by atoms with van der Waals surface area (Å²) in [6, 6.07) is 20.4. The molecule has 0 spiro atoms. The molecule has 3 rings (SSSR count). The molecule has 2 aromatic carbocycles. The Balaban J connectivity index is 2.00. The highest BCUT2D eigenvalue weighted by molar-refractivity contribution is 6.00. The summed E-state index contributed by atoms with van der Waals surface area (Å²) < 4.78 is 5.58. The van der Waals surface area contributed by atoms with Gasteiger partial charge in [-0.2, -0.15) is 0 Å². The summed E-state index contributed by atoms with van der Waals surface area (Å²) >= 11 is 0. The van der Waals surface area contributed by atoms with Crippen molar-refractivity contribution in [3.63, 3.8) is 0 Å². The SMILES string of the molecule is CCOc1ccc([C@@H](C/C(=N/O)c2ccnc(C)c2)c2ccccc2C)cc1. The molecule has 3 aromatic rings. The molecule has 0 bridgehead atoms. The fourth-order valence-corrected chi connectivity index (χ4v) is 3.48. The largest absolute Gasteiger partial charge is 0.494 e. The van der Waals surface area contributed by atoms with E-state index < -0.39 is 0 Å². The number of pyridine rings is 1. The van der Waals surface area contributed by atoms with E-state index in [1.807, 2.05) is 44.2 Å². The molecule has 1 N–H and O–H groups in total. The molecule has 0 amide bonds. The molecule has 1 atom stereocenters. The topological polar surface area (TPSA) is 54.7 Å². The van der Waals surface area contributed by atoms with Crippen LogP contribution in [0.25, 0.3) is 0 Å². The van der Waals surface area contributed by atoms with E-state index in [-0.39, 0.29) is 5.92 Å². The number of hydrogen-bond acceptors (Lipinski definition) is 4. The number of benzene rings is 2.